The number of nitrogens with one attached hydrogen (secondary N) is 1. The number of hydrogen-bond donors (Lipinski definition) is 2. The standard InChI is InChI=1S/C17H24BrN3O2.ClH/c1-12-5-6-13(10-15(12)18)17(23)21-9-3-2-4-14(21)11-20-16(22)7-8-19;/h5-6,10,14H,2-4,7-9,11,19H2,1H3,(H,20,22);1H. The van der Waals surface area contributed by atoms with Crippen LogP contribution in [0.4, 0.5) is 0 Å². The minimum absolute atomic E-state index is 0. The fourth-order valence-electron chi connectivity index (χ4n) is 2.82. The first-order chi connectivity index (χ1) is 11.0. The summed E-state index contributed by atoms with van der Waals surface area (Å²) < 4.78 is 0.938. The molecule has 0 aromatic heterocycles. The Labute approximate surface area is 157 Å². The van der Waals surface area contributed by atoms with E-state index in [2.05, 4.69) is 21.2 Å². The molecule has 1 aromatic rings. The number of carbonyl (C=O) groups excluding carboxylic acids is 2. The number of aryl methyl sites for hydroxylation is 1. The molecule has 1 fully saturated rings. The van der Waals surface area contributed by atoms with Gasteiger partial charge in [-0.3, -0.25) is 9.59 Å². The zero-order valence-electron chi connectivity index (χ0n) is 13.9. The molecule has 1 atom stereocenters. The van der Waals surface area contributed by atoms with Crippen molar-refractivity contribution in [2.45, 2.75) is 38.6 Å². The first kappa shape index (κ1) is 20.9. The molecule has 0 saturated carbocycles. The number of nitrogens with two attached hydrogens (primary N) is 1. The molecule has 1 aliphatic heterocycles. The molecule has 24 heavy (non-hydrogen) atoms. The molecule has 1 heterocycles. The van der Waals surface area contributed by atoms with E-state index in [1.54, 1.807) is 0 Å². The number of halogens is 2. The van der Waals surface area contributed by atoms with Crippen molar-refractivity contribution in [3.05, 3.63) is 33.8 Å². The average molecular weight is 419 g/mol. The molecule has 134 valence electrons. The van der Waals surface area contributed by atoms with Crippen LogP contribution >= 0.6 is 28.3 Å². The molecule has 0 bridgehead atoms. The third kappa shape index (κ3) is 5.46. The smallest absolute Gasteiger partial charge is 0.254 e. The fourth-order valence-corrected chi connectivity index (χ4v) is 3.20. The van der Waals surface area contributed by atoms with E-state index in [1.807, 2.05) is 30.0 Å². The van der Waals surface area contributed by atoms with E-state index < -0.39 is 0 Å². The molecule has 7 heteroatoms. The first-order valence-corrected chi connectivity index (χ1v) is 8.86. The highest BCUT2D eigenvalue weighted by Crippen LogP contribution is 2.22. The quantitative estimate of drug-likeness (QED) is 0.772. The van der Waals surface area contributed by atoms with Gasteiger partial charge >= 0.3 is 0 Å². The summed E-state index contributed by atoms with van der Waals surface area (Å²) in [6.45, 7) is 3.57. The Morgan fingerprint density at radius 1 is 1.38 bits per heavy atom. The molecular formula is C17H25BrClN3O2. The zero-order chi connectivity index (χ0) is 16.8. The Morgan fingerprint density at radius 3 is 2.79 bits per heavy atom. The Morgan fingerprint density at radius 2 is 2.12 bits per heavy atom. The highest BCUT2D eigenvalue weighted by molar-refractivity contribution is 9.10. The summed E-state index contributed by atoms with van der Waals surface area (Å²) in [4.78, 5) is 26.3. The molecule has 1 aromatic carbocycles. The normalized spacial score (nSPS) is 17.1. The van der Waals surface area contributed by atoms with E-state index in [4.69, 9.17) is 5.73 Å². The SMILES string of the molecule is Cc1ccc(C(=O)N2CCCCC2CNC(=O)CCN)cc1Br.Cl. The molecule has 1 aliphatic rings. The van der Waals surface area contributed by atoms with E-state index in [1.165, 1.54) is 0 Å². The van der Waals surface area contributed by atoms with Gasteiger partial charge in [-0.15, -0.1) is 12.4 Å². The molecule has 2 amide bonds. The maximum atomic E-state index is 12.8. The predicted molar refractivity (Wildman–Crippen MR) is 101 cm³/mol. The first-order valence-electron chi connectivity index (χ1n) is 8.07. The minimum atomic E-state index is -0.0523. The van der Waals surface area contributed by atoms with Gasteiger partial charge in [0.05, 0.1) is 0 Å². The van der Waals surface area contributed by atoms with Gasteiger partial charge in [0.25, 0.3) is 5.91 Å². The van der Waals surface area contributed by atoms with Crippen LogP contribution in [0.3, 0.4) is 0 Å². The van der Waals surface area contributed by atoms with Crippen molar-refractivity contribution in [1.82, 2.24) is 10.2 Å². The van der Waals surface area contributed by atoms with Crippen molar-refractivity contribution in [3.8, 4) is 0 Å². The number of rotatable bonds is 5. The van der Waals surface area contributed by atoms with Gasteiger partial charge in [-0.1, -0.05) is 22.0 Å². The van der Waals surface area contributed by atoms with Crippen molar-refractivity contribution >= 4 is 40.2 Å². The van der Waals surface area contributed by atoms with Gasteiger partial charge in [0.15, 0.2) is 0 Å². The predicted octanol–water partition coefficient (Wildman–Crippen LogP) is 2.64. The van der Waals surface area contributed by atoms with Crippen LogP contribution in [0.2, 0.25) is 0 Å². The molecular weight excluding hydrogens is 394 g/mol. The second-order valence-electron chi connectivity index (χ2n) is 5.95. The van der Waals surface area contributed by atoms with Crippen LogP contribution in [-0.4, -0.2) is 42.4 Å². The van der Waals surface area contributed by atoms with Crippen LogP contribution in [0.15, 0.2) is 22.7 Å². The lowest BCUT2D eigenvalue weighted by atomic mass is 10.00. The van der Waals surface area contributed by atoms with Crippen molar-refractivity contribution in [1.29, 1.82) is 0 Å². The number of amides is 2. The molecule has 3 N–H and O–H groups in total. The Balaban J connectivity index is 0.00000288. The number of carbonyl (C=O) groups is 2. The molecule has 5 nitrogen and oxygen atoms in total. The Hall–Kier alpha value is -1.11. The van der Waals surface area contributed by atoms with E-state index in [-0.39, 0.29) is 30.3 Å². The van der Waals surface area contributed by atoms with Crippen molar-refractivity contribution in [3.63, 3.8) is 0 Å². The molecule has 0 spiro atoms. The highest BCUT2D eigenvalue weighted by atomic mass is 79.9. The van der Waals surface area contributed by atoms with Crippen LogP contribution in [0.25, 0.3) is 0 Å². The number of piperidine rings is 1. The number of nitrogens with zero attached hydrogens (tertiary/aromatic N) is 1. The van der Waals surface area contributed by atoms with Crippen LogP contribution in [-0.2, 0) is 4.79 Å². The van der Waals surface area contributed by atoms with Gasteiger partial charge < -0.3 is 16.0 Å². The number of likely N-dealkylation sites (tertiary alicyclic amines) is 1. The van der Waals surface area contributed by atoms with Gasteiger partial charge in [-0.25, -0.2) is 0 Å². The van der Waals surface area contributed by atoms with Gasteiger partial charge in [0, 0.05) is 42.1 Å². The molecule has 1 unspecified atom stereocenters. The molecule has 0 aliphatic carbocycles. The second-order valence-corrected chi connectivity index (χ2v) is 6.81. The van der Waals surface area contributed by atoms with Crippen molar-refractivity contribution in [2.75, 3.05) is 19.6 Å². The van der Waals surface area contributed by atoms with E-state index in [0.717, 1.165) is 35.8 Å². The zero-order valence-corrected chi connectivity index (χ0v) is 16.3. The largest absolute Gasteiger partial charge is 0.354 e. The summed E-state index contributed by atoms with van der Waals surface area (Å²) in [6, 6.07) is 5.73. The average Bonchev–Trinajstić information content (AvgIpc) is 2.55. The summed E-state index contributed by atoms with van der Waals surface area (Å²) in [5.41, 5.74) is 7.17. The maximum absolute atomic E-state index is 12.8. The van der Waals surface area contributed by atoms with Gasteiger partial charge in [-0.05, 0) is 43.9 Å². The van der Waals surface area contributed by atoms with Gasteiger partial charge in [-0.2, -0.15) is 0 Å². The summed E-state index contributed by atoms with van der Waals surface area (Å²) in [5, 5.41) is 2.89. The minimum Gasteiger partial charge on any atom is -0.354 e. The monoisotopic (exact) mass is 417 g/mol. The lowest BCUT2D eigenvalue weighted by Crippen LogP contribution is -2.49. The van der Waals surface area contributed by atoms with Crippen LogP contribution in [0.5, 0.6) is 0 Å². The summed E-state index contributed by atoms with van der Waals surface area (Å²) >= 11 is 3.48. The molecule has 1 saturated heterocycles. The molecule has 0 radical (unpaired) electrons. The summed E-state index contributed by atoms with van der Waals surface area (Å²) in [6.07, 6.45) is 3.33. The lowest BCUT2D eigenvalue weighted by Gasteiger charge is -2.36. The second kappa shape index (κ2) is 10.0. The Kier molecular flexibility index (Phi) is 8.73. The number of hydrogen-bond acceptors (Lipinski definition) is 3. The maximum Gasteiger partial charge on any atom is 0.254 e. The van der Waals surface area contributed by atoms with E-state index >= 15 is 0 Å². The Bertz CT molecular complexity index is 583. The summed E-state index contributed by atoms with van der Waals surface area (Å²) in [7, 11) is 0. The third-order valence-corrected chi connectivity index (χ3v) is 5.07. The van der Waals surface area contributed by atoms with Gasteiger partial charge in [0.2, 0.25) is 5.91 Å². The van der Waals surface area contributed by atoms with Crippen molar-refractivity contribution in [2.24, 2.45) is 5.73 Å². The van der Waals surface area contributed by atoms with E-state index in [9.17, 15) is 9.59 Å². The van der Waals surface area contributed by atoms with Gasteiger partial charge in [0.1, 0.15) is 0 Å². The highest BCUT2D eigenvalue weighted by Gasteiger charge is 2.27. The topological polar surface area (TPSA) is 75.4 Å². The van der Waals surface area contributed by atoms with Crippen molar-refractivity contribution < 1.29 is 9.59 Å². The lowest BCUT2D eigenvalue weighted by molar-refractivity contribution is -0.121. The van der Waals surface area contributed by atoms with Crippen LogP contribution < -0.4 is 11.1 Å². The summed E-state index contributed by atoms with van der Waals surface area (Å²) in [5.74, 6) is -0.0213. The van der Waals surface area contributed by atoms with Crippen LogP contribution in [0.1, 0.15) is 41.6 Å². The van der Waals surface area contributed by atoms with E-state index in [0.29, 0.717) is 25.1 Å². The third-order valence-electron chi connectivity index (χ3n) is 4.21. The van der Waals surface area contributed by atoms with Crippen LogP contribution in [0, 0.1) is 6.92 Å². The molecule has 2 rings (SSSR count). The fraction of sp³-hybridized carbons (Fsp3) is 0.529. The number of benzene rings is 1.